The molecule has 0 bridgehead atoms. The number of rotatable bonds is 4. The molecule has 3 atom stereocenters. The molecule has 0 unspecified atom stereocenters. The molecule has 2 aliphatic rings. The van der Waals surface area contributed by atoms with Crippen molar-refractivity contribution in [3.8, 4) is 5.75 Å². The summed E-state index contributed by atoms with van der Waals surface area (Å²) < 4.78 is 12.0. The zero-order chi connectivity index (χ0) is 16.6. The Labute approximate surface area is 144 Å². The Morgan fingerprint density at radius 2 is 2.04 bits per heavy atom. The summed E-state index contributed by atoms with van der Waals surface area (Å²) in [6.07, 6.45) is 8.15. The predicted molar refractivity (Wildman–Crippen MR) is 97.4 cm³/mol. The van der Waals surface area contributed by atoms with E-state index in [-0.39, 0.29) is 11.5 Å². The summed E-state index contributed by atoms with van der Waals surface area (Å²) in [6.45, 7) is 2.23. The molecule has 0 saturated carbocycles. The lowest BCUT2D eigenvalue weighted by Crippen LogP contribution is -2.38. The highest BCUT2D eigenvalue weighted by atomic mass is 16.5. The second-order valence-corrected chi connectivity index (χ2v) is 6.82. The number of benzene rings is 2. The van der Waals surface area contributed by atoms with Crippen LogP contribution in [0.4, 0.5) is 0 Å². The quantitative estimate of drug-likeness (QED) is 0.792. The van der Waals surface area contributed by atoms with Crippen LogP contribution in [0.2, 0.25) is 0 Å². The third-order valence-electron chi connectivity index (χ3n) is 5.46. The van der Waals surface area contributed by atoms with Gasteiger partial charge in [0, 0.05) is 0 Å². The van der Waals surface area contributed by atoms with Gasteiger partial charge in [-0.2, -0.15) is 0 Å². The maximum atomic E-state index is 6.47. The first-order chi connectivity index (χ1) is 11.8. The highest BCUT2D eigenvalue weighted by Crippen LogP contribution is 2.52. The van der Waals surface area contributed by atoms with Gasteiger partial charge in [-0.15, -0.1) is 0 Å². The van der Waals surface area contributed by atoms with Gasteiger partial charge in [0.15, 0.2) is 0 Å². The average Bonchev–Trinajstić information content (AvgIpc) is 3.02. The second kappa shape index (κ2) is 6.10. The lowest BCUT2D eigenvalue weighted by molar-refractivity contribution is 0.0564. The van der Waals surface area contributed by atoms with Gasteiger partial charge in [-0.25, -0.2) is 0 Å². The van der Waals surface area contributed by atoms with E-state index >= 15 is 0 Å². The van der Waals surface area contributed by atoms with Gasteiger partial charge in [0.25, 0.3) is 0 Å². The number of ether oxygens (including phenoxy) is 2. The molecule has 4 rings (SSSR count). The Hall–Kier alpha value is -2.06. The van der Waals surface area contributed by atoms with Crippen LogP contribution < -0.4 is 4.74 Å². The summed E-state index contributed by atoms with van der Waals surface area (Å²) in [7, 11) is 1.73. The van der Waals surface area contributed by atoms with E-state index in [2.05, 4.69) is 61.5 Å². The van der Waals surface area contributed by atoms with E-state index in [1.807, 2.05) is 6.07 Å². The zero-order valence-electron chi connectivity index (χ0n) is 14.4. The van der Waals surface area contributed by atoms with Gasteiger partial charge in [-0.3, -0.25) is 0 Å². The van der Waals surface area contributed by atoms with Crippen LogP contribution in [0, 0.1) is 0 Å². The molecule has 2 heteroatoms. The van der Waals surface area contributed by atoms with Crippen LogP contribution in [0.3, 0.4) is 0 Å². The van der Waals surface area contributed by atoms with Crippen molar-refractivity contribution < 1.29 is 9.47 Å². The molecule has 2 aromatic carbocycles. The number of hydrogen-bond donors (Lipinski definition) is 0. The van der Waals surface area contributed by atoms with Crippen molar-refractivity contribution in [2.45, 2.75) is 43.8 Å². The molecule has 1 aliphatic heterocycles. The van der Waals surface area contributed by atoms with E-state index in [1.54, 1.807) is 7.11 Å². The Balaban J connectivity index is 1.90. The van der Waals surface area contributed by atoms with Gasteiger partial charge in [0.1, 0.15) is 5.75 Å². The van der Waals surface area contributed by atoms with Crippen molar-refractivity contribution in [1.82, 2.24) is 0 Å². The first-order valence-corrected chi connectivity index (χ1v) is 8.85. The summed E-state index contributed by atoms with van der Waals surface area (Å²) in [4.78, 5) is 0. The molecule has 1 saturated heterocycles. The highest BCUT2D eigenvalue weighted by molar-refractivity contribution is 5.65. The summed E-state index contributed by atoms with van der Waals surface area (Å²) in [5, 5.41) is 0. The van der Waals surface area contributed by atoms with Gasteiger partial charge >= 0.3 is 0 Å². The molecule has 1 aliphatic carbocycles. The first kappa shape index (κ1) is 15.5. The molecule has 0 spiro atoms. The molecule has 0 radical (unpaired) electrons. The summed E-state index contributed by atoms with van der Waals surface area (Å²) in [5.74, 6) is 0.909. The lowest BCUT2D eigenvalue weighted by Gasteiger charge is -2.37. The Bertz CT molecular complexity index is 764. The van der Waals surface area contributed by atoms with E-state index in [9.17, 15) is 0 Å². The molecule has 124 valence electrons. The summed E-state index contributed by atoms with van der Waals surface area (Å²) in [5.41, 5.74) is 3.86. The fourth-order valence-electron chi connectivity index (χ4n) is 4.39. The fourth-order valence-corrected chi connectivity index (χ4v) is 4.39. The van der Waals surface area contributed by atoms with Crippen LogP contribution in [0.25, 0.3) is 6.08 Å². The Morgan fingerprint density at radius 3 is 2.88 bits per heavy atom. The van der Waals surface area contributed by atoms with E-state index in [1.165, 1.54) is 16.7 Å². The SMILES string of the molecule is CCC[C@H]1C[C@]2(c3cccc(OC)c3)c3ccccc3C=C[C@@H]2O1. The third-order valence-corrected chi connectivity index (χ3v) is 5.46. The van der Waals surface area contributed by atoms with E-state index in [0.29, 0.717) is 6.10 Å². The van der Waals surface area contributed by atoms with Crippen molar-refractivity contribution in [3.63, 3.8) is 0 Å². The average molecular weight is 320 g/mol. The topological polar surface area (TPSA) is 18.5 Å². The molecular weight excluding hydrogens is 296 g/mol. The normalized spacial score (nSPS) is 27.6. The Morgan fingerprint density at radius 1 is 1.17 bits per heavy atom. The monoisotopic (exact) mass is 320 g/mol. The van der Waals surface area contributed by atoms with Crippen LogP contribution >= 0.6 is 0 Å². The van der Waals surface area contributed by atoms with E-state index < -0.39 is 0 Å². The zero-order valence-corrected chi connectivity index (χ0v) is 14.4. The van der Waals surface area contributed by atoms with Gasteiger partial charge in [-0.1, -0.05) is 61.9 Å². The number of fused-ring (bicyclic) bond motifs is 3. The molecular formula is C22H24O2. The molecule has 2 nitrogen and oxygen atoms in total. The van der Waals surface area contributed by atoms with E-state index in [4.69, 9.17) is 9.47 Å². The standard InChI is InChI=1S/C22H24O2/c1-3-7-19-15-22(17-9-6-10-18(14-17)23-2)20-11-5-4-8-16(20)12-13-21(22)24-19/h4-6,8-14,19,21H,3,7,15H2,1-2H3/t19-,21-,22-/m0/s1. The van der Waals surface area contributed by atoms with Crippen molar-refractivity contribution in [1.29, 1.82) is 0 Å². The smallest absolute Gasteiger partial charge is 0.119 e. The van der Waals surface area contributed by atoms with Crippen LogP contribution in [0.5, 0.6) is 5.75 Å². The minimum Gasteiger partial charge on any atom is -0.497 e. The minimum atomic E-state index is -0.111. The van der Waals surface area contributed by atoms with Gasteiger partial charge in [-0.05, 0) is 41.7 Å². The second-order valence-electron chi connectivity index (χ2n) is 6.82. The van der Waals surface area contributed by atoms with Crippen molar-refractivity contribution in [2.75, 3.05) is 7.11 Å². The predicted octanol–water partition coefficient (Wildman–Crippen LogP) is 4.97. The largest absolute Gasteiger partial charge is 0.497 e. The van der Waals surface area contributed by atoms with Crippen LogP contribution in [-0.4, -0.2) is 19.3 Å². The first-order valence-electron chi connectivity index (χ1n) is 8.85. The Kier molecular flexibility index (Phi) is 3.93. The van der Waals surface area contributed by atoms with Gasteiger partial charge < -0.3 is 9.47 Å². The molecule has 0 amide bonds. The third kappa shape index (κ3) is 2.29. The highest BCUT2D eigenvalue weighted by Gasteiger charge is 2.51. The van der Waals surface area contributed by atoms with Gasteiger partial charge in [0.2, 0.25) is 0 Å². The maximum absolute atomic E-state index is 6.47. The summed E-state index contributed by atoms with van der Waals surface area (Å²) >= 11 is 0. The van der Waals surface area contributed by atoms with Crippen LogP contribution in [-0.2, 0) is 10.2 Å². The fraction of sp³-hybridized carbons (Fsp3) is 0.364. The number of methoxy groups -OCH3 is 1. The van der Waals surface area contributed by atoms with Crippen LogP contribution in [0.1, 0.15) is 42.9 Å². The molecule has 1 heterocycles. The maximum Gasteiger partial charge on any atom is 0.119 e. The molecule has 24 heavy (non-hydrogen) atoms. The molecule has 1 fully saturated rings. The minimum absolute atomic E-state index is 0.0936. The van der Waals surface area contributed by atoms with E-state index in [0.717, 1.165) is 25.0 Å². The lowest BCUT2D eigenvalue weighted by atomic mass is 9.65. The summed E-state index contributed by atoms with van der Waals surface area (Å²) in [6, 6.07) is 17.2. The molecule has 2 aromatic rings. The molecule has 0 N–H and O–H groups in total. The molecule has 0 aromatic heterocycles. The van der Waals surface area contributed by atoms with Crippen LogP contribution in [0.15, 0.2) is 54.6 Å². The van der Waals surface area contributed by atoms with Gasteiger partial charge in [0.05, 0.1) is 24.7 Å². The number of hydrogen-bond acceptors (Lipinski definition) is 2. The van der Waals surface area contributed by atoms with Crippen molar-refractivity contribution in [2.24, 2.45) is 0 Å². The van der Waals surface area contributed by atoms with Crippen molar-refractivity contribution in [3.05, 3.63) is 71.3 Å². The van der Waals surface area contributed by atoms with Crippen molar-refractivity contribution >= 4 is 6.08 Å².